The molecule has 0 aliphatic carbocycles. The van der Waals surface area contributed by atoms with Crippen LogP contribution in [0.2, 0.25) is 10.0 Å². The highest BCUT2D eigenvalue weighted by atomic mass is 35.5. The van der Waals surface area contributed by atoms with Gasteiger partial charge in [0.25, 0.3) is 0 Å². The predicted molar refractivity (Wildman–Crippen MR) is 124 cm³/mol. The summed E-state index contributed by atoms with van der Waals surface area (Å²) in [5.74, 6) is 0.569. The fraction of sp³-hybridized carbons (Fsp3) is 0.0833. The first kappa shape index (κ1) is 22.5. The van der Waals surface area contributed by atoms with Crippen molar-refractivity contribution in [2.24, 2.45) is 0 Å². The van der Waals surface area contributed by atoms with Gasteiger partial charge in [-0.3, -0.25) is 4.79 Å². The Morgan fingerprint density at radius 1 is 0.848 bits per heavy atom. The number of hydrogen-bond donors (Lipinski definition) is 0. The standard InChI is InChI=1S/C24H16Cl2O7/c1-29-13-3-5-14(6-4-13)32-20-12-31-19-11-15(7-8-16(19)22(20)27)33-24(28)21-17(25)9-10-18(26)23(21)30-2/h3-12H,1-2H3. The van der Waals surface area contributed by atoms with Crippen molar-refractivity contribution in [2.45, 2.75) is 0 Å². The zero-order valence-corrected chi connectivity index (χ0v) is 18.9. The minimum atomic E-state index is -0.777. The maximum Gasteiger partial charge on any atom is 0.348 e. The van der Waals surface area contributed by atoms with E-state index in [0.717, 1.165) is 0 Å². The molecule has 168 valence electrons. The van der Waals surface area contributed by atoms with E-state index in [0.29, 0.717) is 11.5 Å². The average molecular weight is 487 g/mol. The molecule has 4 rings (SSSR count). The molecule has 0 amide bonds. The predicted octanol–water partition coefficient (Wildman–Crippen LogP) is 6.13. The van der Waals surface area contributed by atoms with Gasteiger partial charge in [0.2, 0.25) is 11.2 Å². The third-order valence-electron chi connectivity index (χ3n) is 4.68. The van der Waals surface area contributed by atoms with Crippen molar-refractivity contribution in [3.05, 3.63) is 86.7 Å². The number of carbonyl (C=O) groups excluding carboxylic acids is 1. The normalized spacial score (nSPS) is 10.7. The van der Waals surface area contributed by atoms with Gasteiger partial charge in [0.1, 0.15) is 34.7 Å². The molecule has 0 N–H and O–H groups in total. The van der Waals surface area contributed by atoms with E-state index >= 15 is 0 Å². The maximum atomic E-state index is 12.8. The van der Waals surface area contributed by atoms with Crippen LogP contribution in [-0.4, -0.2) is 20.2 Å². The van der Waals surface area contributed by atoms with E-state index in [1.54, 1.807) is 31.4 Å². The molecule has 0 bridgehead atoms. The first-order valence-electron chi connectivity index (χ1n) is 9.53. The summed E-state index contributed by atoms with van der Waals surface area (Å²) in [4.78, 5) is 25.5. The lowest BCUT2D eigenvalue weighted by atomic mass is 10.2. The van der Waals surface area contributed by atoms with Crippen molar-refractivity contribution >= 4 is 40.1 Å². The highest BCUT2D eigenvalue weighted by molar-refractivity contribution is 6.37. The van der Waals surface area contributed by atoms with Crippen LogP contribution in [0.15, 0.2) is 70.1 Å². The molecule has 0 fully saturated rings. The Labute approximate surface area is 198 Å². The van der Waals surface area contributed by atoms with Crippen molar-refractivity contribution < 1.29 is 28.2 Å². The van der Waals surface area contributed by atoms with Crippen LogP contribution in [-0.2, 0) is 0 Å². The molecule has 0 spiro atoms. The average Bonchev–Trinajstić information content (AvgIpc) is 2.82. The molecule has 1 aromatic heterocycles. The Morgan fingerprint density at radius 3 is 2.21 bits per heavy atom. The van der Waals surface area contributed by atoms with E-state index in [9.17, 15) is 9.59 Å². The highest BCUT2D eigenvalue weighted by Crippen LogP contribution is 2.35. The summed E-state index contributed by atoms with van der Waals surface area (Å²) in [6, 6.07) is 14.1. The summed E-state index contributed by atoms with van der Waals surface area (Å²) in [5.41, 5.74) is -0.197. The molecule has 0 unspecified atom stereocenters. The molecule has 0 saturated carbocycles. The smallest absolute Gasteiger partial charge is 0.348 e. The van der Waals surface area contributed by atoms with Gasteiger partial charge < -0.3 is 23.4 Å². The Balaban J connectivity index is 1.60. The number of esters is 1. The Bertz CT molecular complexity index is 1390. The van der Waals surface area contributed by atoms with Gasteiger partial charge in [0, 0.05) is 6.07 Å². The van der Waals surface area contributed by atoms with E-state index in [1.807, 2.05) is 0 Å². The molecule has 0 aliphatic heterocycles. The van der Waals surface area contributed by atoms with Crippen LogP contribution in [0.4, 0.5) is 0 Å². The minimum absolute atomic E-state index is 0.00728. The maximum absolute atomic E-state index is 12.8. The number of carbonyl (C=O) groups is 1. The van der Waals surface area contributed by atoms with Crippen molar-refractivity contribution in [3.8, 4) is 28.7 Å². The number of fused-ring (bicyclic) bond motifs is 1. The zero-order valence-electron chi connectivity index (χ0n) is 17.4. The summed E-state index contributed by atoms with van der Waals surface area (Å²) in [5, 5.41) is 0.579. The zero-order chi connectivity index (χ0) is 23.5. The van der Waals surface area contributed by atoms with E-state index in [4.69, 9.17) is 46.6 Å². The van der Waals surface area contributed by atoms with Crippen molar-refractivity contribution in [2.75, 3.05) is 14.2 Å². The number of ether oxygens (including phenoxy) is 4. The molecule has 0 saturated heterocycles. The van der Waals surface area contributed by atoms with Gasteiger partial charge in [-0.05, 0) is 48.5 Å². The third kappa shape index (κ3) is 4.60. The molecule has 9 heteroatoms. The molecule has 3 aromatic carbocycles. The largest absolute Gasteiger partial charge is 0.497 e. The van der Waals surface area contributed by atoms with Gasteiger partial charge >= 0.3 is 5.97 Å². The second-order valence-corrected chi connectivity index (χ2v) is 7.51. The monoisotopic (exact) mass is 486 g/mol. The molecule has 0 aliphatic rings. The van der Waals surface area contributed by atoms with Crippen LogP contribution in [0.5, 0.6) is 28.7 Å². The summed E-state index contributed by atoms with van der Waals surface area (Å²) < 4.78 is 26.9. The topological polar surface area (TPSA) is 84.2 Å². The van der Waals surface area contributed by atoms with Crippen LogP contribution < -0.4 is 24.4 Å². The Hall–Kier alpha value is -3.68. The number of methoxy groups -OCH3 is 2. The van der Waals surface area contributed by atoms with Crippen LogP contribution in [0.3, 0.4) is 0 Å². The molecular formula is C24H16Cl2O7. The van der Waals surface area contributed by atoms with Crippen LogP contribution >= 0.6 is 23.2 Å². The molecule has 4 aromatic rings. The fourth-order valence-corrected chi connectivity index (χ4v) is 3.54. The van der Waals surface area contributed by atoms with Gasteiger partial charge in [-0.15, -0.1) is 0 Å². The molecule has 0 atom stereocenters. The van der Waals surface area contributed by atoms with E-state index in [2.05, 4.69) is 0 Å². The van der Waals surface area contributed by atoms with Crippen molar-refractivity contribution in [1.29, 1.82) is 0 Å². The first-order chi connectivity index (χ1) is 15.9. The lowest BCUT2D eigenvalue weighted by Crippen LogP contribution is -2.11. The van der Waals surface area contributed by atoms with Gasteiger partial charge in [-0.2, -0.15) is 0 Å². The number of benzene rings is 3. The fourth-order valence-electron chi connectivity index (χ4n) is 3.08. The van der Waals surface area contributed by atoms with E-state index < -0.39 is 5.97 Å². The summed E-state index contributed by atoms with van der Waals surface area (Å²) >= 11 is 12.2. The lowest BCUT2D eigenvalue weighted by molar-refractivity contribution is 0.0731. The van der Waals surface area contributed by atoms with Crippen molar-refractivity contribution in [1.82, 2.24) is 0 Å². The number of halogens is 2. The third-order valence-corrected chi connectivity index (χ3v) is 5.29. The second-order valence-electron chi connectivity index (χ2n) is 6.69. The van der Waals surface area contributed by atoms with Crippen LogP contribution in [0.1, 0.15) is 10.4 Å². The van der Waals surface area contributed by atoms with E-state index in [1.165, 1.54) is 43.7 Å². The molecule has 33 heavy (non-hydrogen) atoms. The van der Waals surface area contributed by atoms with Gasteiger partial charge in [0.05, 0.1) is 29.7 Å². The molecule has 1 heterocycles. The Kier molecular flexibility index (Phi) is 6.44. The second kappa shape index (κ2) is 9.44. The summed E-state index contributed by atoms with van der Waals surface area (Å²) in [6.45, 7) is 0. The number of rotatable bonds is 6. The molecule has 0 radical (unpaired) electrons. The quantitative estimate of drug-likeness (QED) is 0.239. The Morgan fingerprint density at radius 2 is 1.52 bits per heavy atom. The summed E-state index contributed by atoms with van der Waals surface area (Å²) in [7, 11) is 2.92. The van der Waals surface area contributed by atoms with Crippen LogP contribution in [0.25, 0.3) is 11.0 Å². The van der Waals surface area contributed by atoms with Crippen molar-refractivity contribution in [3.63, 3.8) is 0 Å². The highest BCUT2D eigenvalue weighted by Gasteiger charge is 2.22. The van der Waals surface area contributed by atoms with E-state index in [-0.39, 0.29) is 49.3 Å². The van der Waals surface area contributed by atoms with Gasteiger partial charge in [-0.1, -0.05) is 23.2 Å². The lowest BCUT2D eigenvalue weighted by Gasteiger charge is -2.12. The van der Waals surface area contributed by atoms with Gasteiger partial charge in [-0.25, -0.2) is 4.79 Å². The molecule has 7 nitrogen and oxygen atoms in total. The number of hydrogen-bond acceptors (Lipinski definition) is 7. The minimum Gasteiger partial charge on any atom is -0.497 e. The van der Waals surface area contributed by atoms with Gasteiger partial charge in [0.15, 0.2) is 5.75 Å². The van der Waals surface area contributed by atoms with Crippen LogP contribution in [0, 0.1) is 0 Å². The summed E-state index contributed by atoms with van der Waals surface area (Å²) in [6.07, 6.45) is 1.19. The molecular weight excluding hydrogens is 471 g/mol. The SMILES string of the molecule is COc1ccc(Oc2coc3cc(OC(=O)c4c(Cl)ccc(Cl)c4OC)ccc3c2=O)cc1. The first-order valence-corrected chi connectivity index (χ1v) is 10.3.